The smallest absolute Gasteiger partial charge is 0.261 e. The van der Waals surface area contributed by atoms with E-state index in [0.29, 0.717) is 29.6 Å². The van der Waals surface area contributed by atoms with Gasteiger partial charge in [-0.3, -0.25) is 4.79 Å². The Hall–Kier alpha value is -1.75. The van der Waals surface area contributed by atoms with E-state index in [1.165, 1.54) is 6.42 Å². The number of amides is 1. The van der Waals surface area contributed by atoms with E-state index in [2.05, 4.69) is 5.32 Å². The topological polar surface area (TPSA) is 50.8 Å². The van der Waals surface area contributed by atoms with Gasteiger partial charge in [-0.2, -0.15) is 0 Å². The van der Waals surface area contributed by atoms with Gasteiger partial charge in [-0.25, -0.2) is 0 Å². The molecular formula is C15H22N2O3. The SMILES string of the molecule is COc1cccc(OC)c1C(=O)N(C)CC1CCCN1. The van der Waals surface area contributed by atoms with Gasteiger partial charge < -0.3 is 19.7 Å². The fourth-order valence-electron chi connectivity index (χ4n) is 2.58. The van der Waals surface area contributed by atoms with E-state index in [9.17, 15) is 4.79 Å². The lowest BCUT2D eigenvalue weighted by Gasteiger charge is -2.23. The van der Waals surface area contributed by atoms with Gasteiger partial charge in [0.2, 0.25) is 0 Å². The maximum atomic E-state index is 12.6. The van der Waals surface area contributed by atoms with Crippen molar-refractivity contribution in [2.75, 3.05) is 34.4 Å². The molecule has 1 aromatic carbocycles. The molecule has 0 spiro atoms. The molecule has 0 aromatic heterocycles. The van der Waals surface area contributed by atoms with Crippen LogP contribution in [0.25, 0.3) is 0 Å². The summed E-state index contributed by atoms with van der Waals surface area (Å²) in [7, 11) is 4.93. The van der Waals surface area contributed by atoms with Crippen molar-refractivity contribution in [3.63, 3.8) is 0 Å². The average molecular weight is 278 g/mol. The first-order valence-electron chi connectivity index (χ1n) is 6.87. The first-order valence-corrected chi connectivity index (χ1v) is 6.87. The van der Waals surface area contributed by atoms with Crippen molar-refractivity contribution in [3.05, 3.63) is 23.8 Å². The Bertz CT molecular complexity index is 448. The minimum absolute atomic E-state index is 0.0759. The number of carbonyl (C=O) groups is 1. The molecule has 0 radical (unpaired) electrons. The summed E-state index contributed by atoms with van der Waals surface area (Å²) in [6.45, 7) is 1.73. The lowest BCUT2D eigenvalue weighted by Crippen LogP contribution is -2.38. The van der Waals surface area contributed by atoms with Gasteiger partial charge in [-0.15, -0.1) is 0 Å². The van der Waals surface area contributed by atoms with Gasteiger partial charge in [0.25, 0.3) is 5.91 Å². The molecule has 5 heteroatoms. The first-order chi connectivity index (χ1) is 9.67. The molecule has 2 rings (SSSR count). The number of methoxy groups -OCH3 is 2. The third-order valence-corrected chi connectivity index (χ3v) is 3.65. The minimum atomic E-state index is -0.0759. The highest BCUT2D eigenvalue weighted by Crippen LogP contribution is 2.29. The van der Waals surface area contributed by atoms with Crippen LogP contribution in [0.4, 0.5) is 0 Å². The summed E-state index contributed by atoms with van der Waals surface area (Å²) in [5.41, 5.74) is 0.484. The zero-order valence-corrected chi connectivity index (χ0v) is 12.3. The van der Waals surface area contributed by atoms with Crippen molar-refractivity contribution in [1.29, 1.82) is 0 Å². The highest BCUT2D eigenvalue weighted by atomic mass is 16.5. The normalized spacial score (nSPS) is 17.9. The molecular weight excluding hydrogens is 256 g/mol. The fraction of sp³-hybridized carbons (Fsp3) is 0.533. The number of nitrogens with one attached hydrogen (secondary N) is 1. The van der Waals surface area contributed by atoms with Gasteiger partial charge in [0.1, 0.15) is 17.1 Å². The Balaban J connectivity index is 2.18. The van der Waals surface area contributed by atoms with Crippen molar-refractivity contribution >= 4 is 5.91 Å². The Kier molecular flexibility index (Phi) is 4.84. The van der Waals surface area contributed by atoms with Crippen LogP contribution in [-0.2, 0) is 0 Å². The molecule has 5 nitrogen and oxygen atoms in total. The second-order valence-corrected chi connectivity index (χ2v) is 5.02. The molecule has 0 saturated carbocycles. The molecule has 1 aromatic rings. The summed E-state index contributed by atoms with van der Waals surface area (Å²) in [4.78, 5) is 14.4. The standard InChI is InChI=1S/C15H22N2O3/c1-17(10-11-6-5-9-16-11)15(18)14-12(19-2)7-4-8-13(14)20-3/h4,7-8,11,16H,5-6,9-10H2,1-3H3. The van der Waals surface area contributed by atoms with E-state index in [1.54, 1.807) is 31.3 Å². The number of likely N-dealkylation sites (N-methyl/N-ethyl adjacent to an activating group) is 1. The number of hydrogen-bond donors (Lipinski definition) is 1. The highest BCUT2D eigenvalue weighted by molar-refractivity contribution is 5.99. The molecule has 1 aliphatic heterocycles. The number of carbonyl (C=O) groups excluding carboxylic acids is 1. The van der Waals surface area contributed by atoms with E-state index in [4.69, 9.17) is 9.47 Å². The summed E-state index contributed by atoms with van der Waals surface area (Å²) in [6, 6.07) is 5.74. The van der Waals surface area contributed by atoms with Crippen LogP contribution in [0.1, 0.15) is 23.2 Å². The molecule has 0 bridgehead atoms. The van der Waals surface area contributed by atoms with Gasteiger partial charge in [0, 0.05) is 19.6 Å². The van der Waals surface area contributed by atoms with E-state index in [-0.39, 0.29) is 5.91 Å². The molecule has 1 unspecified atom stereocenters. The Morgan fingerprint density at radius 2 is 2.00 bits per heavy atom. The third-order valence-electron chi connectivity index (χ3n) is 3.65. The molecule has 1 atom stereocenters. The van der Waals surface area contributed by atoms with Crippen LogP contribution in [0.5, 0.6) is 11.5 Å². The number of nitrogens with zero attached hydrogens (tertiary/aromatic N) is 1. The molecule has 0 aliphatic carbocycles. The lowest BCUT2D eigenvalue weighted by atomic mass is 10.1. The zero-order chi connectivity index (χ0) is 14.5. The predicted molar refractivity (Wildman–Crippen MR) is 77.5 cm³/mol. The second-order valence-electron chi connectivity index (χ2n) is 5.02. The van der Waals surface area contributed by atoms with Gasteiger partial charge in [0.15, 0.2) is 0 Å². The van der Waals surface area contributed by atoms with Crippen LogP contribution in [0, 0.1) is 0 Å². The molecule has 1 heterocycles. The molecule has 1 fully saturated rings. The van der Waals surface area contributed by atoms with Crippen molar-refractivity contribution in [3.8, 4) is 11.5 Å². The molecule has 1 amide bonds. The van der Waals surface area contributed by atoms with Gasteiger partial charge in [-0.1, -0.05) is 6.07 Å². The minimum Gasteiger partial charge on any atom is -0.496 e. The predicted octanol–water partition coefficient (Wildman–Crippen LogP) is 1.53. The van der Waals surface area contributed by atoms with Gasteiger partial charge in [0.05, 0.1) is 14.2 Å². The van der Waals surface area contributed by atoms with Crippen LogP contribution >= 0.6 is 0 Å². The van der Waals surface area contributed by atoms with Gasteiger partial charge in [-0.05, 0) is 31.5 Å². The van der Waals surface area contributed by atoms with Crippen LogP contribution in [0.3, 0.4) is 0 Å². The van der Waals surface area contributed by atoms with E-state index in [1.807, 2.05) is 13.1 Å². The quantitative estimate of drug-likeness (QED) is 0.887. The lowest BCUT2D eigenvalue weighted by molar-refractivity contribution is 0.0777. The summed E-state index contributed by atoms with van der Waals surface area (Å²) in [5, 5.41) is 3.39. The molecule has 20 heavy (non-hydrogen) atoms. The number of hydrogen-bond acceptors (Lipinski definition) is 4. The van der Waals surface area contributed by atoms with E-state index in [0.717, 1.165) is 13.0 Å². The van der Waals surface area contributed by atoms with Crippen LogP contribution in [-0.4, -0.2) is 51.2 Å². The maximum Gasteiger partial charge on any atom is 0.261 e. The van der Waals surface area contributed by atoms with Crippen LogP contribution < -0.4 is 14.8 Å². The maximum absolute atomic E-state index is 12.6. The molecule has 1 N–H and O–H groups in total. The van der Waals surface area contributed by atoms with Crippen LogP contribution in [0.15, 0.2) is 18.2 Å². The second kappa shape index (κ2) is 6.61. The summed E-state index contributed by atoms with van der Waals surface area (Å²) in [5.74, 6) is 1.01. The van der Waals surface area contributed by atoms with Crippen molar-refractivity contribution in [1.82, 2.24) is 10.2 Å². The summed E-state index contributed by atoms with van der Waals surface area (Å²) in [6.07, 6.45) is 2.28. The van der Waals surface area contributed by atoms with E-state index >= 15 is 0 Å². The van der Waals surface area contributed by atoms with E-state index < -0.39 is 0 Å². The monoisotopic (exact) mass is 278 g/mol. The number of ether oxygens (including phenoxy) is 2. The number of rotatable bonds is 5. The Labute approximate surface area is 119 Å². The summed E-state index contributed by atoms with van der Waals surface area (Å²) >= 11 is 0. The molecule has 110 valence electrons. The van der Waals surface area contributed by atoms with Crippen molar-refractivity contribution in [2.45, 2.75) is 18.9 Å². The number of benzene rings is 1. The summed E-state index contributed by atoms with van der Waals surface area (Å²) < 4.78 is 10.6. The Morgan fingerprint density at radius 3 is 2.50 bits per heavy atom. The van der Waals surface area contributed by atoms with Crippen LogP contribution in [0.2, 0.25) is 0 Å². The Morgan fingerprint density at radius 1 is 1.35 bits per heavy atom. The third kappa shape index (κ3) is 3.04. The van der Waals surface area contributed by atoms with Crippen molar-refractivity contribution < 1.29 is 14.3 Å². The highest BCUT2D eigenvalue weighted by Gasteiger charge is 2.24. The molecule has 1 aliphatic rings. The van der Waals surface area contributed by atoms with Crippen molar-refractivity contribution in [2.24, 2.45) is 0 Å². The zero-order valence-electron chi connectivity index (χ0n) is 12.3. The van der Waals surface area contributed by atoms with Gasteiger partial charge >= 0.3 is 0 Å². The first kappa shape index (κ1) is 14.7. The largest absolute Gasteiger partial charge is 0.496 e. The molecule has 1 saturated heterocycles. The average Bonchev–Trinajstić information content (AvgIpc) is 2.98. The fourth-order valence-corrected chi connectivity index (χ4v) is 2.58.